The van der Waals surface area contributed by atoms with Gasteiger partial charge in [0.1, 0.15) is 11.3 Å². The number of aromatic hydroxyl groups is 1. The van der Waals surface area contributed by atoms with Crippen molar-refractivity contribution in [2.75, 3.05) is 83.9 Å². The number of hydrogen-bond acceptors (Lipinski definition) is 11. The Bertz CT molecular complexity index is 1170. The Morgan fingerprint density at radius 1 is 0.659 bits per heavy atom. The van der Waals surface area contributed by atoms with Crippen molar-refractivity contribution >= 4 is 40.2 Å². The van der Waals surface area contributed by atoms with Crippen LogP contribution in [-0.2, 0) is 19.2 Å². The van der Waals surface area contributed by atoms with Gasteiger partial charge in [-0.2, -0.15) is 0 Å². The molecule has 0 spiro atoms. The topological polar surface area (TPSA) is 234 Å². The minimum atomic E-state index is -0.233. The predicted molar refractivity (Wildman–Crippen MR) is 170 cm³/mol. The Morgan fingerprint density at radius 3 is 1.57 bits per heavy atom. The fourth-order valence-corrected chi connectivity index (χ4v) is 4.37. The van der Waals surface area contributed by atoms with E-state index in [1.807, 2.05) is 9.80 Å². The predicted octanol–water partition coefficient (Wildman–Crippen LogP) is -1.73. The third-order valence-electron chi connectivity index (χ3n) is 6.77. The number of fused-ring (bicyclic) bond motifs is 1. The van der Waals surface area contributed by atoms with Crippen LogP contribution in [0.3, 0.4) is 0 Å². The fraction of sp³-hybridized carbons (Fsp3) is 0.552. The van der Waals surface area contributed by atoms with Crippen molar-refractivity contribution in [1.29, 1.82) is 0 Å². The summed E-state index contributed by atoms with van der Waals surface area (Å²) in [6.45, 7) is 4.80. The number of anilines is 1. The number of nitrogens with zero attached hydrogens (tertiary/aromatic N) is 3. The normalized spacial score (nSPS) is 11.1. The first-order valence-electron chi connectivity index (χ1n) is 15.0. The van der Waals surface area contributed by atoms with Gasteiger partial charge in [-0.05, 0) is 24.3 Å². The fourth-order valence-electron chi connectivity index (χ4n) is 4.37. The monoisotopic (exact) mass is 616 g/mol. The molecule has 15 nitrogen and oxygen atoms in total. The lowest BCUT2D eigenvalue weighted by Crippen LogP contribution is -2.41. The van der Waals surface area contributed by atoms with E-state index in [-0.39, 0.29) is 55.1 Å². The molecule has 0 aliphatic heterocycles. The molecular formula is C29H48N10O5. The van der Waals surface area contributed by atoms with Crippen LogP contribution in [0.4, 0.5) is 5.69 Å². The molecular weight excluding hydrogens is 568 g/mol. The number of phenols is 1. The summed E-state index contributed by atoms with van der Waals surface area (Å²) in [7, 11) is 0. The number of phenolic OH excluding ortho intramolecular Hbond substituents is 1. The van der Waals surface area contributed by atoms with Gasteiger partial charge in [-0.3, -0.25) is 24.2 Å². The molecule has 0 atom stereocenters. The molecule has 1 heterocycles. The van der Waals surface area contributed by atoms with E-state index in [0.717, 1.165) is 0 Å². The molecule has 1 aromatic heterocycles. The lowest BCUT2D eigenvalue weighted by molar-refractivity contribution is -0.122. The zero-order chi connectivity index (χ0) is 32.2. The molecule has 4 amide bonds. The number of amides is 4. The van der Waals surface area contributed by atoms with Gasteiger partial charge < -0.3 is 53.4 Å². The van der Waals surface area contributed by atoms with E-state index in [1.54, 1.807) is 24.4 Å². The molecule has 15 heteroatoms. The molecule has 2 aromatic rings. The van der Waals surface area contributed by atoms with Gasteiger partial charge in [0.25, 0.3) is 0 Å². The van der Waals surface area contributed by atoms with Crippen molar-refractivity contribution in [3.63, 3.8) is 0 Å². The lowest BCUT2D eigenvalue weighted by atomic mass is 10.1. The van der Waals surface area contributed by atoms with Gasteiger partial charge in [0.2, 0.25) is 23.6 Å². The van der Waals surface area contributed by atoms with E-state index < -0.39 is 0 Å². The summed E-state index contributed by atoms with van der Waals surface area (Å²) in [6, 6.07) is 6.61. The second-order valence-corrected chi connectivity index (χ2v) is 10.2. The lowest BCUT2D eigenvalue weighted by Gasteiger charge is -2.27. The van der Waals surface area contributed by atoms with Gasteiger partial charge >= 0.3 is 0 Å². The maximum absolute atomic E-state index is 13.0. The highest BCUT2D eigenvalue weighted by Crippen LogP contribution is 2.28. The summed E-state index contributed by atoms with van der Waals surface area (Å²) in [4.78, 5) is 57.9. The van der Waals surface area contributed by atoms with E-state index in [2.05, 4.69) is 26.3 Å². The molecule has 0 saturated heterocycles. The molecule has 0 saturated carbocycles. The maximum atomic E-state index is 13.0. The molecule has 2 rings (SSSR count). The molecule has 11 N–H and O–H groups in total. The number of pyridine rings is 1. The van der Waals surface area contributed by atoms with Crippen LogP contribution in [0.5, 0.6) is 5.75 Å². The number of carbonyl (C=O) groups is 4. The average molecular weight is 617 g/mol. The third-order valence-corrected chi connectivity index (χ3v) is 6.77. The highest BCUT2D eigenvalue weighted by atomic mass is 16.3. The average Bonchev–Trinajstić information content (AvgIpc) is 3.03. The zero-order valence-electron chi connectivity index (χ0n) is 25.4. The molecule has 0 radical (unpaired) electrons. The second-order valence-electron chi connectivity index (χ2n) is 10.2. The number of carbonyl (C=O) groups excluding carboxylic acids is 4. The standard InChI is InChI=1S/C29H48N10O5/c30-9-13-33-25(41)5-16-38(17-6-26(42)34-14-10-31)20-21-39(18-7-27(43)35-15-11-32)19-8-28(44)37-23-3-4-24(40)29-22(23)2-1-12-36-29/h1-4,12,40H,5-11,13-21,30-32H2,(H,33,41)(H,34,42)(H,35,43)(H,37,44). The second kappa shape index (κ2) is 20.9. The summed E-state index contributed by atoms with van der Waals surface area (Å²) in [6.07, 6.45) is 2.42. The Morgan fingerprint density at radius 2 is 1.11 bits per heavy atom. The number of nitrogens with one attached hydrogen (secondary N) is 4. The summed E-state index contributed by atoms with van der Waals surface area (Å²) >= 11 is 0. The first-order chi connectivity index (χ1) is 21.3. The minimum Gasteiger partial charge on any atom is -0.506 e. The van der Waals surface area contributed by atoms with Gasteiger partial charge in [0.15, 0.2) is 0 Å². The molecule has 0 aliphatic carbocycles. The van der Waals surface area contributed by atoms with Crippen molar-refractivity contribution in [2.45, 2.75) is 25.7 Å². The van der Waals surface area contributed by atoms with Crippen LogP contribution in [0.15, 0.2) is 30.5 Å². The summed E-state index contributed by atoms with van der Waals surface area (Å²) in [5.41, 5.74) is 17.4. The van der Waals surface area contributed by atoms with Crippen molar-refractivity contribution in [3.8, 4) is 5.75 Å². The highest BCUT2D eigenvalue weighted by Gasteiger charge is 2.16. The van der Waals surface area contributed by atoms with Gasteiger partial charge in [0, 0.05) is 116 Å². The van der Waals surface area contributed by atoms with Gasteiger partial charge in [-0.15, -0.1) is 0 Å². The maximum Gasteiger partial charge on any atom is 0.225 e. The molecule has 0 fully saturated rings. The largest absolute Gasteiger partial charge is 0.506 e. The van der Waals surface area contributed by atoms with Crippen LogP contribution in [0, 0.1) is 0 Å². The van der Waals surface area contributed by atoms with Crippen LogP contribution < -0.4 is 38.5 Å². The minimum absolute atomic E-state index is 0.0240. The smallest absolute Gasteiger partial charge is 0.225 e. The third kappa shape index (κ3) is 14.1. The number of rotatable bonds is 22. The van der Waals surface area contributed by atoms with Gasteiger partial charge in [-0.1, -0.05) is 0 Å². The van der Waals surface area contributed by atoms with Crippen LogP contribution in [0.25, 0.3) is 10.9 Å². The Hall–Kier alpha value is -3.89. The summed E-state index contributed by atoms with van der Waals surface area (Å²) < 4.78 is 0. The quantitative estimate of drug-likeness (QED) is 0.0692. The van der Waals surface area contributed by atoms with Crippen LogP contribution in [0.2, 0.25) is 0 Å². The first kappa shape index (κ1) is 36.3. The first-order valence-corrected chi connectivity index (χ1v) is 15.0. The highest BCUT2D eigenvalue weighted by molar-refractivity contribution is 6.02. The van der Waals surface area contributed by atoms with Crippen LogP contribution in [-0.4, -0.2) is 122 Å². The van der Waals surface area contributed by atoms with Crippen molar-refractivity contribution in [1.82, 2.24) is 30.7 Å². The van der Waals surface area contributed by atoms with E-state index in [4.69, 9.17) is 17.2 Å². The number of aromatic nitrogens is 1. The molecule has 244 valence electrons. The molecule has 44 heavy (non-hydrogen) atoms. The van der Waals surface area contributed by atoms with E-state index in [9.17, 15) is 24.3 Å². The summed E-state index contributed by atoms with van der Waals surface area (Å²) in [5.74, 6) is -0.609. The van der Waals surface area contributed by atoms with Crippen LogP contribution in [0.1, 0.15) is 25.7 Å². The number of nitrogens with two attached hydrogens (primary N) is 3. The van der Waals surface area contributed by atoms with E-state index in [1.165, 1.54) is 6.07 Å². The van der Waals surface area contributed by atoms with Gasteiger partial charge in [-0.25, -0.2) is 0 Å². The molecule has 0 aliphatic rings. The van der Waals surface area contributed by atoms with Gasteiger partial charge in [0.05, 0.1) is 5.69 Å². The van der Waals surface area contributed by atoms with E-state index in [0.29, 0.717) is 95.1 Å². The SMILES string of the molecule is NCCNC(=O)CCN(CCC(=O)NCCN)CCN(CCC(=O)NCCN)CCC(=O)Nc1ccc(O)c2ncccc12. The molecule has 0 unspecified atom stereocenters. The Balaban J connectivity index is 2.04. The summed E-state index contributed by atoms with van der Waals surface area (Å²) in [5, 5.41) is 21.9. The van der Waals surface area contributed by atoms with E-state index >= 15 is 0 Å². The number of hydrogen-bond donors (Lipinski definition) is 8. The molecule has 0 bridgehead atoms. The Labute approximate surface area is 258 Å². The Kier molecular flexibility index (Phi) is 17.3. The zero-order valence-corrected chi connectivity index (χ0v) is 25.4. The van der Waals surface area contributed by atoms with Crippen molar-refractivity contribution in [3.05, 3.63) is 30.5 Å². The number of benzene rings is 1. The molecule has 1 aromatic carbocycles. The van der Waals surface area contributed by atoms with Crippen molar-refractivity contribution < 1.29 is 24.3 Å². The van der Waals surface area contributed by atoms with Crippen molar-refractivity contribution in [2.24, 2.45) is 17.2 Å². The van der Waals surface area contributed by atoms with Crippen LogP contribution >= 0.6 is 0 Å².